The fourth-order valence-electron chi connectivity index (χ4n) is 2.86. The monoisotopic (exact) mass is 302 g/mol. The van der Waals surface area contributed by atoms with Crippen LogP contribution in [0.25, 0.3) is 0 Å². The number of ether oxygens (including phenoxy) is 1. The molecule has 0 bridgehead atoms. The van der Waals surface area contributed by atoms with E-state index in [9.17, 15) is 5.11 Å². The van der Waals surface area contributed by atoms with Crippen LogP contribution in [0.2, 0.25) is 0 Å². The third-order valence-electron chi connectivity index (χ3n) is 4.06. The Kier molecular flexibility index (Phi) is 4.40. The highest BCUT2D eigenvalue weighted by Crippen LogP contribution is 2.28. The molecule has 2 aromatic heterocycles. The van der Waals surface area contributed by atoms with Gasteiger partial charge in [0.1, 0.15) is 17.7 Å². The summed E-state index contributed by atoms with van der Waals surface area (Å²) in [6.45, 7) is 6.12. The summed E-state index contributed by atoms with van der Waals surface area (Å²) >= 11 is 0. The van der Waals surface area contributed by atoms with Crippen molar-refractivity contribution in [1.29, 1.82) is 0 Å². The zero-order valence-corrected chi connectivity index (χ0v) is 13.0. The van der Waals surface area contributed by atoms with Crippen molar-refractivity contribution in [2.75, 3.05) is 6.61 Å². The summed E-state index contributed by atoms with van der Waals surface area (Å²) in [6.07, 6.45) is 4.66. The quantitative estimate of drug-likeness (QED) is 0.883. The third kappa shape index (κ3) is 2.98. The van der Waals surface area contributed by atoms with Gasteiger partial charge in [0.15, 0.2) is 0 Å². The molecule has 0 aromatic carbocycles. The molecule has 22 heavy (non-hydrogen) atoms. The molecule has 2 N–H and O–H groups in total. The maximum Gasteiger partial charge on any atom is 0.139 e. The van der Waals surface area contributed by atoms with Crippen molar-refractivity contribution in [2.24, 2.45) is 0 Å². The second-order valence-corrected chi connectivity index (χ2v) is 5.56. The third-order valence-corrected chi connectivity index (χ3v) is 4.06. The molecule has 6 heteroatoms. The molecule has 3 heterocycles. The predicted octanol–water partition coefficient (Wildman–Crippen LogP) is 1.93. The second-order valence-electron chi connectivity index (χ2n) is 5.56. The van der Waals surface area contributed by atoms with Crippen molar-refractivity contribution in [3.63, 3.8) is 0 Å². The van der Waals surface area contributed by atoms with Crippen LogP contribution in [-0.4, -0.2) is 32.3 Å². The average Bonchev–Trinajstić information content (AvgIpc) is 3.15. The summed E-state index contributed by atoms with van der Waals surface area (Å²) < 4.78 is 7.97. The summed E-state index contributed by atoms with van der Waals surface area (Å²) in [7, 11) is 0. The molecular formula is C16H22N4O2. The lowest BCUT2D eigenvalue weighted by Gasteiger charge is -2.20. The van der Waals surface area contributed by atoms with Crippen molar-refractivity contribution >= 4 is 0 Å². The van der Waals surface area contributed by atoms with Crippen LogP contribution >= 0.6 is 0 Å². The summed E-state index contributed by atoms with van der Waals surface area (Å²) in [4.78, 5) is 8.82. The van der Waals surface area contributed by atoms with E-state index >= 15 is 0 Å². The van der Waals surface area contributed by atoms with Crippen molar-refractivity contribution in [1.82, 2.24) is 19.9 Å². The topological polar surface area (TPSA) is 72.2 Å². The van der Waals surface area contributed by atoms with E-state index in [0.29, 0.717) is 18.8 Å². The Morgan fingerprint density at radius 1 is 1.45 bits per heavy atom. The van der Waals surface area contributed by atoms with Gasteiger partial charge in [-0.2, -0.15) is 0 Å². The van der Waals surface area contributed by atoms with E-state index in [1.54, 1.807) is 12.1 Å². The fraction of sp³-hybridized carbons (Fsp3) is 0.500. The standard InChI is InChI=1S/C16H22N4O2/c1-3-20-8-7-17-16(20)15-12(6-9-22-15)18-10-13-14(21)5-4-11(2)19-13/h4-5,7-8,12,15,18,21H,3,6,9-10H2,1-2H3/t12-,15-/m0/s1. The highest BCUT2D eigenvalue weighted by Gasteiger charge is 2.32. The van der Waals surface area contributed by atoms with Gasteiger partial charge in [0.25, 0.3) is 0 Å². The molecule has 1 fully saturated rings. The zero-order valence-electron chi connectivity index (χ0n) is 13.0. The molecule has 0 spiro atoms. The van der Waals surface area contributed by atoms with Crippen molar-refractivity contribution in [3.8, 4) is 5.75 Å². The molecule has 1 saturated heterocycles. The highest BCUT2D eigenvalue weighted by atomic mass is 16.5. The number of hydrogen-bond acceptors (Lipinski definition) is 5. The fourth-order valence-corrected chi connectivity index (χ4v) is 2.86. The van der Waals surface area contributed by atoms with E-state index in [1.165, 1.54) is 0 Å². The van der Waals surface area contributed by atoms with Crippen LogP contribution in [0, 0.1) is 6.92 Å². The first-order chi connectivity index (χ1) is 10.7. The van der Waals surface area contributed by atoms with Crippen molar-refractivity contribution in [3.05, 3.63) is 41.7 Å². The number of aromatic hydroxyl groups is 1. The largest absolute Gasteiger partial charge is 0.506 e. The summed E-state index contributed by atoms with van der Waals surface area (Å²) in [5.74, 6) is 1.18. The van der Waals surface area contributed by atoms with Gasteiger partial charge in [-0.15, -0.1) is 0 Å². The highest BCUT2D eigenvalue weighted by molar-refractivity contribution is 5.27. The maximum atomic E-state index is 9.89. The summed E-state index contributed by atoms with van der Waals surface area (Å²) in [5, 5.41) is 13.3. The van der Waals surface area contributed by atoms with Gasteiger partial charge in [0.2, 0.25) is 0 Å². The molecule has 0 unspecified atom stereocenters. The Bertz CT molecular complexity index is 641. The van der Waals surface area contributed by atoms with E-state index in [0.717, 1.165) is 24.5 Å². The van der Waals surface area contributed by atoms with Crippen LogP contribution in [-0.2, 0) is 17.8 Å². The molecule has 1 aliphatic heterocycles. The minimum absolute atomic E-state index is 0.0538. The number of hydrogen-bond donors (Lipinski definition) is 2. The number of aryl methyl sites for hydroxylation is 2. The number of pyridine rings is 1. The normalized spacial score (nSPS) is 21.4. The first kappa shape index (κ1) is 15.0. The maximum absolute atomic E-state index is 9.89. The first-order valence-corrected chi connectivity index (χ1v) is 7.70. The molecule has 6 nitrogen and oxygen atoms in total. The Labute approximate surface area is 130 Å². The molecule has 2 atom stereocenters. The van der Waals surface area contributed by atoms with E-state index < -0.39 is 0 Å². The predicted molar refractivity (Wildman–Crippen MR) is 82.5 cm³/mol. The van der Waals surface area contributed by atoms with Crippen LogP contribution < -0.4 is 5.32 Å². The molecule has 0 radical (unpaired) electrons. The molecule has 118 valence electrons. The van der Waals surface area contributed by atoms with Gasteiger partial charge >= 0.3 is 0 Å². The molecule has 1 aliphatic rings. The van der Waals surface area contributed by atoms with Gasteiger partial charge in [-0.3, -0.25) is 4.98 Å². The van der Waals surface area contributed by atoms with E-state index in [2.05, 4.69) is 26.8 Å². The first-order valence-electron chi connectivity index (χ1n) is 7.70. The minimum Gasteiger partial charge on any atom is -0.506 e. The van der Waals surface area contributed by atoms with Crippen LogP contribution in [0.5, 0.6) is 5.75 Å². The number of imidazole rings is 1. The second kappa shape index (κ2) is 6.46. The van der Waals surface area contributed by atoms with Gasteiger partial charge in [-0.25, -0.2) is 4.98 Å². The minimum atomic E-state index is -0.0538. The van der Waals surface area contributed by atoms with Gasteiger partial charge in [-0.05, 0) is 32.4 Å². The zero-order chi connectivity index (χ0) is 15.5. The molecule has 0 aliphatic carbocycles. The number of nitrogens with zero attached hydrogens (tertiary/aromatic N) is 3. The number of rotatable bonds is 5. The van der Waals surface area contributed by atoms with Crippen LogP contribution in [0.3, 0.4) is 0 Å². The molecule has 0 saturated carbocycles. The van der Waals surface area contributed by atoms with Gasteiger partial charge in [0, 0.05) is 43.8 Å². The van der Waals surface area contributed by atoms with Crippen molar-refractivity contribution < 1.29 is 9.84 Å². The van der Waals surface area contributed by atoms with E-state index in [4.69, 9.17) is 4.74 Å². The smallest absolute Gasteiger partial charge is 0.139 e. The molecule has 3 rings (SSSR count). The average molecular weight is 302 g/mol. The van der Waals surface area contributed by atoms with E-state index in [1.807, 2.05) is 19.3 Å². The Hall–Kier alpha value is -1.92. The van der Waals surface area contributed by atoms with Crippen LogP contribution in [0.4, 0.5) is 0 Å². The lowest BCUT2D eigenvalue weighted by molar-refractivity contribution is 0.0885. The Morgan fingerprint density at radius 3 is 3.14 bits per heavy atom. The summed E-state index contributed by atoms with van der Waals surface area (Å²) in [5.41, 5.74) is 1.57. The van der Waals surface area contributed by atoms with Crippen molar-refractivity contribution in [2.45, 2.75) is 45.5 Å². The number of aromatic nitrogens is 3. The SMILES string of the molecule is CCn1ccnc1[C@H]1OCC[C@@H]1NCc1nc(C)ccc1O. The Morgan fingerprint density at radius 2 is 2.32 bits per heavy atom. The van der Waals surface area contributed by atoms with Gasteiger partial charge < -0.3 is 19.7 Å². The molecule has 2 aromatic rings. The van der Waals surface area contributed by atoms with Gasteiger partial charge in [0.05, 0.1) is 5.69 Å². The molecule has 0 amide bonds. The lowest BCUT2D eigenvalue weighted by Crippen LogP contribution is -2.32. The number of nitrogens with one attached hydrogen (secondary N) is 1. The lowest BCUT2D eigenvalue weighted by atomic mass is 10.1. The molecular weight excluding hydrogens is 280 g/mol. The van der Waals surface area contributed by atoms with Crippen LogP contribution in [0.1, 0.15) is 36.7 Å². The van der Waals surface area contributed by atoms with Crippen LogP contribution in [0.15, 0.2) is 24.5 Å². The van der Waals surface area contributed by atoms with Gasteiger partial charge in [-0.1, -0.05) is 0 Å². The Balaban J connectivity index is 1.70. The summed E-state index contributed by atoms with van der Waals surface area (Å²) in [6, 6.07) is 3.67. The van der Waals surface area contributed by atoms with E-state index in [-0.39, 0.29) is 17.9 Å².